The number of hydrogen-bond acceptors (Lipinski definition) is 5. The molecule has 5 heterocycles. The predicted molar refractivity (Wildman–Crippen MR) is 102 cm³/mol. The van der Waals surface area contributed by atoms with E-state index in [0.29, 0.717) is 12.5 Å². The second kappa shape index (κ2) is 6.76. The molecule has 0 atom stereocenters. The van der Waals surface area contributed by atoms with Gasteiger partial charge in [-0.1, -0.05) is 0 Å². The predicted octanol–water partition coefficient (Wildman–Crippen LogP) is 1.95. The maximum atomic E-state index is 13.3. The Morgan fingerprint density at radius 3 is 3.04 bits per heavy atom. The van der Waals surface area contributed by atoms with Crippen LogP contribution < -0.4 is 5.56 Å². The maximum Gasteiger partial charge on any atom is 0.267 e. The highest BCUT2D eigenvalue weighted by molar-refractivity contribution is 7.98. The molecule has 0 unspecified atom stereocenters. The van der Waals surface area contributed by atoms with Crippen LogP contribution in [0.1, 0.15) is 17.0 Å². The monoisotopic (exact) mass is 385 g/mol. The van der Waals surface area contributed by atoms with Crippen LogP contribution in [0.5, 0.6) is 0 Å². The molecule has 0 aromatic carbocycles. The van der Waals surface area contributed by atoms with E-state index in [4.69, 9.17) is 0 Å². The number of imidazole rings is 1. The zero-order chi connectivity index (χ0) is 18.4. The quantitative estimate of drug-likeness (QED) is 0.687. The van der Waals surface area contributed by atoms with E-state index in [9.17, 15) is 9.18 Å². The highest BCUT2D eigenvalue weighted by Gasteiger charge is 2.28. The first-order chi connectivity index (χ1) is 13.1. The fourth-order valence-corrected chi connectivity index (χ4v) is 4.82. The molecule has 0 saturated carbocycles. The highest BCUT2D eigenvalue weighted by atomic mass is 32.2. The average molecular weight is 385 g/mol. The first kappa shape index (κ1) is 16.9. The highest BCUT2D eigenvalue weighted by Crippen LogP contribution is 2.23. The third kappa shape index (κ3) is 3.39. The lowest BCUT2D eigenvalue weighted by Crippen LogP contribution is -2.49. The van der Waals surface area contributed by atoms with Crippen LogP contribution in [0.3, 0.4) is 0 Å². The van der Waals surface area contributed by atoms with Gasteiger partial charge in [0.2, 0.25) is 0 Å². The molecule has 0 aliphatic carbocycles. The van der Waals surface area contributed by atoms with Gasteiger partial charge in [0.1, 0.15) is 11.5 Å². The van der Waals surface area contributed by atoms with Gasteiger partial charge >= 0.3 is 0 Å². The number of thioether (sulfide) groups is 1. The van der Waals surface area contributed by atoms with Crippen molar-refractivity contribution in [1.82, 2.24) is 24.1 Å². The Balaban J connectivity index is 1.21. The molecule has 1 saturated heterocycles. The van der Waals surface area contributed by atoms with Crippen molar-refractivity contribution in [2.75, 3.05) is 18.8 Å². The minimum Gasteiger partial charge on any atom is -0.304 e. The van der Waals surface area contributed by atoms with Crippen molar-refractivity contribution in [2.45, 2.75) is 25.3 Å². The second-order valence-electron chi connectivity index (χ2n) is 7.34. The van der Waals surface area contributed by atoms with Crippen LogP contribution >= 0.6 is 11.8 Å². The number of aromatic nitrogens is 4. The smallest absolute Gasteiger partial charge is 0.267 e. The molecule has 140 valence electrons. The summed E-state index contributed by atoms with van der Waals surface area (Å²) in [5, 5.41) is 4.60. The van der Waals surface area contributed by atoms with Crippen LogP contribution in [0.25, 0.3) is 5.65 Å². The number of hydrogen-bond donors (Lipinski definition) is 0. The molecule has 0 radical (unpaired) electrons. The summed E-state index contributed by atoms with van der Waals surface area (Å²) in [7, 11) is 0. The number of pyridine rings is 1. The van der Waals surface area contributed by atoms with Crippen molar-refractivity contribution >= 4 is 17.4 Å². The van der Waals surface area contributed by atoms with E-state index in [1.807, 2.05) is 18.0 Å². The Morgan fingerprint density at radius 2 is 2.15 bits per heavy atom. The molecule has 0 N–H and O–H groups in total. The molecule has 0 amide bonds. The van der Waals surface area contributed by atoms with E-state index in [0.717, 1.165) is 60.2 Å². The molecule has 0 bridgehead atoms. The molecule has 3 aromatic heterocycles. The maximum absolute atomic E-state index is 13.3. The second-order valence-corrected chi connectivity index (χ2v) is 8.45. The summed E-state index contributed by atoms with van der Waals surface area (Å²) in [6, 6.07) is 4.87. The van der Waals surface area contributed by atoms with Crippen molar-refractivity contribution in [3.8, 4) is 0 Å². The van der Waals surface area contributed by atoms with Crippen molar-refractivity contribution in [3.63, 3.8) is 0 Å². The Bertz CT molecular complexity index is 1060. The summed E-state index contributed by atoms with van der Waals surface area (Å²) in [5.74, 6) is 2.15. The van der Waals surface area contributed by atoms with Gasteiger partial charge in [-0.05, 0) is 23.4 Å². The van der Waals surface area contributed by atoms with Crippen LogP contribution in [0.4, 0.5) is 4.39 Å². The van der Waals surface area contributed by atoms with E-state index < -0.39 is 0 Å². The van der Waals surface area contributed by atoms with E-state index in [1.165, 1.54) is 12.3 Å². The van der Waals surface area contributed by atoms with Gasteiger partial charge in [-0.2, -0.15) is 16.9 Å². The normalized spacial score (nSPS) is 17.8. The number of likely N-dealkylation sites (tertiary alicyclic amines) is 1. The third-order valence-electron chi connectivity index (χ3n) is 5.22. The van der Waals surface area contributed by atoms with Gasteiger partial charge in [-0.25, -0.2) is 14.1 Å². The number of fused-ring (bicyclic) bond motifs is 2. The van der Waals surface area contributed by atoms with Gasteiger partial charge in [0.05, 0.1) is 17.9 Å². The number of nitrogens with zero attached hydrogens (tertiary/aromatic N) is 5. The minimum absolute atomic E-state index is 0.0112. The SMILES string of the molecule is O=c1cc2c(nn1CC1CN(Cc3cn4cc(F)ccc4n3)C1)CCSC2. The van der Waals surface area contributed by atoms with Gasteiger partial charge in [0.15, 0.2) is 0 Å². The third-order valence-corrected chi connectivity index (χ3v) is 6.23. The number of rotatable bonds is 4. The molecule has 8 heteroatoms. The molecule has 2 aliphatic rings. The summed E-state index contributed by atoms with van der Waals surface area (Å²) in [5.41, 5.74) is 3.89. The molecular weight excluding hydrogens is 365 g/mol. The summed E-state index contributed by atoms with van der Waals surface area (Å²) in [4.78, 5) is 19.1. The number of halogens is 1. The largest absolute Gasteiger partial charge is 0.304 e. The topological polar surface area (TPSA) is 55.4 Å². The van der Waals surface area contributed by atoms with Crippen molar-refractivity contribution < 1.29 is 4.39 Å². The molecular formula is C19H20FN5OS. The molecule has 6 nitrogen and oxygen atoms in total. The first-order valence-electron chi connectivity index (χ1n) is 9.17. The summed E-state index contributed by atoms with van der Waals surface area (Å²) >= 11 is 1.86. The lowest BCUT2D eigenvalue weighted by atomic mass is 10.00. The lowest BCUT2D eigenvalue weighted by molar-refractivity contribution is 0.0754. The van der Waals surface area contributed by atoms with Crippen LogP contribution in [0.15, 0.2) is 35.4 Å². The molecule has 1 fully saturated rings. The van der Waals surface area contributed by atoms with E-state index in [-0.39, 0.29) is 11.4 Å². The van der Waals surface area contributed by atoms with Crippen LogP contribution in [0.2, 0.25) is 0 Å². The van der Waals surface area contributed by atoms with Gasteiger partial charge in [-0.15, -0.1) is 0 Å². The first-order valence-corrected chi connectivity index (χ1v) is 10.3. The van der Waals surface area contributed by atoms with Gasteiger partial charge < -0.3 is 4.40 Å². The lowest BCUT2D eigenvalue weighted by Gasteiger charge is -2.38. The van der Waals surface area contributed by atoms with E-state index >= 15 is 0 Å². The number of aryl methyl sites for hydroxylation is 1. The minimum atomic E-state index is -0.267. The summed E-state index contributed by atoms with van der Waals surface area (Å²) < 4.78 is 16.7. The van der Waals surface area contributed by atoms with Crippen LogP contribution in [0, 0.1) is 11.7 Å². The summed E-state index contributed by atoms with van der Waals surface area (Å²) in [6.07, 6.45) is 4.27. The zero-order valence-corrected chi connectivity index (χ0v) is 15.7. The molecule has 0 spiro atoms. The van der Waals surface area contributed by atoms with Gasteiger partial charge in [0, 0.05) is 56.2 Å². The van der Waals surface area contributed by atoms with Crippen molar-refractivity contribution in [3.05, 3.63) is 63.7 Å². The Morgan fingerprint density at radius 1 is 1.26 bits per heavy atom. The van der Waals surface area contributed by atoms with Crippen molar-refractivity contribution in [1.29, 1.82) is 0 Å². The Kier molecular flexibility index (Phi) is 4.24. The van der Waals surface area contributed by atoms with E-state index in [2.05, 4.69) is 15.0 Å². The molecule has 27 heavy (non-hydrogen) atoms. The Labute approximate surface area is 160 Å². The van der Waals surface area contributed by atoms with E-state index in [1.54, 1.807) is 21.2 Å². The van der Waals surface area contributed by atoms with Gasteiger partial charge in [-0.3, -0.25) is 9.69 Å². The summed E-state index contributed by atoms with van der Waals surface area (Å²) in [6.45, 7) is 3.25. The standard InChI is InChI=1S/C19H20FN5OS/c20-15-1-2-18-21-16(11-24(18)9-15)10-23-6-13(7-23)8-25-19(26)5-14-12-27-4-3-17(14)22-25/h1-2,5,9,11,13H,3-4,6-8,10,12H2. The Hall–Kier alpha value is -2.19. The van der Waals surface area contributed by atoms with Crippen LogP contribution in [-0.2, 0) is 25.3 Å². The van der Waals surface area contributed by atoms with Crippen LogP contribution in [-0.4, -0.2) is 42.9 Å². The molecule has 3 aromatic rings. The zero-order valence-electron chi connectivity index (χ0n) is 14.8. The molecule has 5 rings (SSSR count). The fraction of sp³-hybridized carbons (Fsp3) is 0.421. The van der Waals surface area contributed by atoms with Crippen molar-refractivity contribution in [2.24, 2.45) is 5.92 Å². The van der Waals surface area contributed by atoms with Gasteiger partial charge in [0.25, 0.3) is 5.56 Å². The average Bonchev–Trinajstić information content (AvgIpc) is 3.01. The fourth-order valence-electron chi connectivity index (χ4n) is 3.87. The molecule has 2 aliphatic heterocycles.